The highest BCUT2D eigenvalue weighted by molar-refractivity contribution is 5.78. The van der Waals surface area contributed by atoms with Crippen LogP contribution in [0.1, 0.15) is 20.3 Å². The summed E-state index contributed by atoms with van der Waals surface area (Å²) < 4.78 is 0. The number of carboxylic acids is 1. The molecular formula is C7H13NO2. The minimum Gasteiger partial charge on any atom is -0.480 e. The lowest BCUT2D eigenvalue weighted by molar-refractivity contribution is -0.142. The van der Waals surface area contributed by atoms with E-state index >= 15 is 0 Å². The fourth-order valence-corrected chi connectivity index (χ4v) is 0.450. The van der Waals surface area contributed by atoms with Gasteiger partial charge in [-0.3, -0.25) is 4.79 Å². The molecule has 0 aromatic carbocycles. The molecule has 0 saturated carbocycles. The number of rotatable bonds is 3. The van der Waals surface area contributed by atoms with E-state index in [4.69, 9.17) is 10.8 Å². The lowest BCUT2D eigenvalue weighted by Gasteiger charge is -2.15. The zero-order valence-corrected chi connectivity index (χ0v) is 6.29. The summed E-state index contributed by atoms with van der Waals surface area (Å²) in [4.78, 5) is 10.4. The zero-order chi connectivity index (χ0) is 8.20. The van der Waals surface area contributed by atoms with Gasteiger partial charge in [-0.15, -0.1) is 0 Å². The minimum atomic E-state index is -1.12. The molecule has 1 atom stereocenters. The number of hydrogen-bond donors (Lipinski definition) is 2. The van der Waals surface area contributed by atoms with Gasteiger partial charge in [-0.25, -0.2) is 0 Å². The Morgan fingerprint density at radius 1 is 1.80 bits per heavy atom. The van der Waals surface area contributed by atoms with Crippen LogP contribution >= 0.6 is 0 Å². The molecule has 3 nitrogen and oxygen atoms in total. The maximum Gasteiger partial charge on any atom is 0.323 e. The molecule has 0 aromatic heterocycles. The molecule has 0 aliphatic heterocycles. The van der Waals surface area contributed by atoms with Crippen LogP contribution in [0.25, 0.3) is 0 Å². The normalized spacial score (nSPS) is 17.1. The Labute approximate surface area is 60.5 Å². The van der Waals surface area contributed by atoms with Gasteiger partial charge in [0.2, 0.25) is 0 Å². The third kappa shape index (κ3) is 2.64. The summed E-state index contributed by atoms with van der Waals surface area (Å²) in [6.45, 7) is 3.33. The predicted octanol–water partition coefficient (Wildman–Crippen LogP) is 0.755. The van der Waals surface area contributed by atoms with Gasteiger partial charge in [0, 0.05) is 0 Å². The van der Waals surface area contributed by atoms with Crippen molar-refractivity contribution in [1.29, 1.82) is 0 Å². The summed E-state index contributed by atoms with van der Waals surface area (Å²) in [5.74, 6) is -0.967. The van der Waals surface area contributed by atoms with Crippen LogP contribution < -0.4 is 5.73 Å². The first-order valence-electron chi connectivity index (χ1n) is 3.14. The molecule has 0 rings (SSSR count). The zero-order valence-electron chi connectivity index (χ0n) is 6.29. The highest BCUT2D eigenvalue weighted by Gasteiger charge is 2.25. The first-order valence-corrected chi connectivity index (χ1v) is 3.14. The molecular weight excluding hydrogens is 130 g/mol. The molecule has 0 aliphatic rings. The molecule has 0 fully saturated rings. The lowest BCUT2D eigenvalue weighted by Crippen LogP contribution is -2.44. The monoisotopic (exact) mass is 143 g/mol. The van der Waals surface area contributed by atoms with Gasteiger partial charge in [0.25, 0.3) is 0 Å². The van der Waals surface area contributed by atoms with E-state index in [0.29, 0.717) is 6.42 Å². The van der Waals surface area contributed by atoms with Gasteiger partial charge >= 0.3 is 5.97 Å². The van der Waals surface area contributed by atoms with Gasteiger partial charge in [0.05, 0.1) is 0 Å². The molecule has 0 unspecified atom stereocenters. The summed E-state index contributed by atoms with van der Waals surface area (Å²) >= 11 is 0. The van der Waals surface area contributed by atoms with E-state index in [9.17, 15) is 4.79 Å². The van der Waals surface area contributed by atoms with Gasteiger partial charge in [0.15, 0.2) is 0 Å². The molecule has 0 bridgehead atoms. The van der Waals surface area contributed by atoms with Crippen LogP contribution in [0.4, 0.5) is 0 Å². The number of allylic oxidation sites excluding steroid dienone is 1. The van der Waals surface area contributed by atoms with Crippen molar-refractivity contribution >= 4 is 5.97 Å². The maximum atomic E-state index is 10.4. The van der Waals surface area contributed by atoms with E-state index in [2.05, 4.69) is 0 Å². The standard InChI is InChI=1S/C7H13NO2/c1-3-4-5-7(2,8)6(9)10/h3-4H,5,8H2,1-2H3,(H,9,10)/b4-3+/t7-/m1/s1. The second kappa shape index (κ2) is 3.37. The number of hydrogen-bond acceptors (Lipinski definition) is 2. The molecule has 0 radical (unpaired) electrons. The van der Waals surface area contributed by atoms with E-state index in [0.717, 1.165) is 0 Å². The Morgan fingerprint density at radius 3 is 2.60 bits per heavy atom. The van der Waals surface area contributed by atoms with Crippen molar-refractivity contribution in [3.63, 3.8) is 0 Å². The summed E-state index contributed by atoms with van der Waals surface area (Å²) in [6, 6.07) is 0. The summed E-state index contributed by atoms with van der Waals surface area (Å²) in [7, 11) is 0. The third-order valence-corrected chi connectivity index (χ3v) is 1.27. The van der Waals surface area contributed by atoms with Gasteiger partial charge in [0.1, 0.15) is 5.54 Å². The van der Waals surface area contributed by atoms with Crippen molar-refractivity contribution in [2.24, 2.45) is 5.73 Å². The third-order valence-electron chi connectivity index (χ3n) is 1.27. The first-order chi connectivity index (χ1) is 4.50. The summed E-state index contributed by atoms with van der Waals surface area (Å²) in [6.07, 6.45) is 3.90. The van der Waals surface area contributed by atoms with Gasteiger partial charge in [-0.05, 0) is 20.3 Å². The molecule has 0 heterocycles. The average Bonchev–Trinajstić information content (AvgIpc) is 1.84. The molecule has 0 aromatic rings. The van der Waals surface area contributed by atoms with Crippen molar-refractivity contribution < 1.29 is 9.90 Å². The summed E-state index contributed by atoms with van der Waals surface area (Å²) in [5, 5.41) is 8.51. The first kappa shape index (κ1) is 9.17. The fourth-order valence-electron chi connectivity index (χ4n) is 0.450. The molecule has 3 heteroatoms. The molecule has 0 aliphatic carbocycles. The molecule has 3 N–H and O–H groups in total. The fraction of sp³-hybridized carbons (Fsp3) is 0.571. The Morgan fingerprint density at radius 2 is 2.30 bits per heavy atom. The van der Waals surface area contributed by atoms with Crippen LogP contribution in [0.15, 0.2) is 12.2 Å². The predicted molar refractivity (Wildman–Crippen MR) is 39.7 cm³/mol. The molecule has 0 amide bonds. The van der Waals surface area contributed by atoms with Crippen LogP contribution in [-0.2, 0) is 4.79 Å². The van der Waals surface area contributed by atoms with Crippen molar-refractivity contribution in [1.82, 2.24) is 0 Å². The van der Waals surface area contributed by atoms with Crippen LogP contribution in [0.5, 0.6) is 0 Å². The molecule has 0 spiro atoms. The highest BCUT2D eigenvalue weighted by atomic mass is 16.4. The second-order valence-corrected chi connectivity index (χ2v) is 2.50. The van der Waals surface area contributed by atoms with Gasteiger partial charge < -0.3 is 10.8 Å². The Kier molecular flexibility index (Phi) is 3.09. The molecule has 0 saturated heterocycles. The largest absolute Gasteiger partial charge is 0.480 e. The van der Waals surface area contributed by atoms with Gasteiger partial charge in [-0.2, -0.15) is 0 Å². The van der Waals surface area contributed by atoms with E-state index in [-0.39, 0.29) is 0 Å². The van der Waals surface area contributed by atoms with Crippen molar-refractivity contribution in [3.05, 3.63) is 12.2 Å². The topological polar surface area (TPSA) is 63.3 Å². The number of aliphatic carboxylic acids is 1. The van der Waals surface area contributed by atoms with E-state index in [1.807, 2.05) is 6.92 Å². The van der Waals surface area contributed by atoms with Crippen LogP contribution in [-0.4, -0.2) is 16.6 Å². The lowest BCUT2D eigenvalue weighted by atomic mass is 10.00. The SMILES string of the molecule is C/C=C/C[C@@](C)(N)C(=O)O. The van der Waals surface area contributed by atoms with Crippen molar-refractivity contribution in [2.45, 2.75) is 25.8 Å². The van der Waals surface area contributed by atoms with Crippen LogP contribution in [0.3, 0.4) is 0 Å². The quantitative estimate of drug-likeness (QED) is 0.573. The Bertz CT molecular complexity index is 150. The van der Waals surface area contributed by atoms with Crippen molar-refractivity contribution in [2.75, 3.05) is 0 Å². The van der Waals surface area contributed by atoms with Crippen LogP contribution in [0.2, 0.25) is 0 Å². The summed E-state index contributed by atoms with van der Waals surface area (Å²) in [5.41, 5.74) is 4.28. The second-order valence-electron chi connectivity index (χ2n) is 2.50. The van der Waals surface area contributed by atoms with E-state index < -0.39 is 11.5 Å². The number of carbonyl (C=O) groups is 1. The van der Waals surface area contributed by atoms with E-state index in [1.54, 1.807) is 12.2 Å². The minimum absolute atomic E-state index is 0.374. The Hall–Kier alpha value is -0.830. The van der Waals surface area contributed by atoms with Gasteiger partial charge in [-0.1, -0.05) is 12.2 Å². The number of carboxylic acid groups (broad SMARTS) is 1. The number of nitrogens with two attached hydrogens (primary N) is 1. The smallest absolute Gasteiger partial charge is 0.323 e. The molecule has 58 valence electrons. The maximum absolute atomic E-state index is 10.4. The molecule has 10 heavy (non-hydrogen) atoms. The average molecular weight is 143 g/mol. The van der Waals surface area contributed by atoms with E-state index in [1.165, 1.54) is 6.92 Å². The van der Waals surface area contributed by atoms with Crippen LogP contribution in [0, 0.1) is 0 Å². The highest BCUT2D eigenvalue weighted by Crippen LogP contribution is 2.05. The Balaban J connectivity index is 3.99. The van der Waals surface area contributed by atoms with Crippen molar-refractivity contribution in [3.8, 4) is 0 Å².